The molecule has 0 saturated carbocycles. The standard InChI is InChI=1S/C19H30N2.C11H11N.C2H6/c1-7-14(5)19(18(8-2)21-15(6)20)17-11-9-16(10-12-17)13(3)4;1-3-9(2)11-6-4-5-10(7-11)8-12;1-2/h9-13,18-19H,5,7-8H2,1-4,6H3,(H2,20,21);3-7H,1-2H3;1-2H3/b;9-3+;. The van der Waals surface area contributed by atoms with Crippen LogP contribution < -0.4 is 5.73 Å². The van der Waals surface area contributed by atoms with Crippen molar-refractivity contribution in [3.05, 3.63) is 89.0 Å². The summed E-state index contributed by atoms with van der Waals surface area (Å²) >= 11 is 0. The van der Waals surface area contributed by atoms with Gasteiger partial charge in [-0.05, 0) is 73.9 Å². The molecule has 0 spiro atoms. The fourth-order valence-corrected chi connectivity index (χ4v) is 3.70. The molecule has 2 atom stereocenters. The first-order valence-corrected chi connectivity index (χ1v) is 12.9. The summed E-state index contributed by atoms with van der Waals surface area (Å²) in [6.07, 6.45) is 3.97. The van der Waals surface area contributed by atoms with E-state index < -0.39 is 0 Å². The molecule has 0 saturated heterocycles. The van der Waals surface area contributed by atoms with Crippen LogP contribution in [0, 0.1) is 11.3 Å². The monoisotopic (exact) mass is 473 g/mol. The summed E-state index contributed by atoms with van der Waals surface area (Å²) in [5.74, 6) is 1.45. The molecular weight excluding hydrogens is 426 g/mol. The molecule has 2 unspecified atom stereocenters. The molecule has 0 radical (unpaired) electrons. The second-order valence-corrected chi connectivity index (χ2v) is 8.72. The van der Waals surface area contributed by atoms with E-state index in [4.69, 9.17) is 11.0 Å². The van der Waals surface area contributed by atoms with Crippen molar-refractivity contribution in [2.24, 2.45) is 10.7 Å². The summed E-state index contributed by atoms with van der Waals surface area (Å²) in [5.41, 5.74) is 12.7. The van der Waals surface area contributed by atoms with Gasteiger partial charge in [0.2, 0.25) is 0 Å². The molecule has 190 valence electrons. The number of nitriles is 1. The van der Waals surface area contributed by atoms with Crippen LogP contribution in [0.3, 0.4) is 0 Å². The smallest absolute Gasteiger partial charge is 0.0991 e. The van der Waals surface area contributed by atoms with Crippen molar-refractivity contribution >= 4 is 11.4 Å². The quantitative estimate of drug-likeness (QED) is 0.236. The van der Waals surface area contributed by atoms with Crippen molar-refractivity contribution < 1.29 is 0 Å². The molecule has 3 heteroatoms. The number of benzene rings is 2. The van der Waals surface area contributed by atoms with E-state index in [1.807, 2.05) is 65.0 Å². The third-order valence-corrected chi connectivity index (χ3v) is 5.91. The molecule has 2 aromatic rings. The number of hydrogen-bond acceptors (Lipinski definition) is 2. The number of nitrogens with two attached hydrogens (primary N) is 1. The van der Waals surface area contributed by atoms with Crippen molar-refractivity contribution in [3.63, 3.8) is 0 Å². The average molecular weight is 474 g/mol. The Morgan fingerprint density at radius 1 is 1.06 bits per heavy atom. The van der Waals surface area contributed by atoms with Crippen LogP contribution in [0.2, 0.25) is 0 Å². The van der Waals surface area contributed by atoms with E-state index >= 15 is 0 Å². The number of hydrogen-bond donors (Lipinski definition) is 1. The zero-order valence-electron chi connectivity index (χ0n) is 23.5. The Morgan fingerprint density at radius 2 is 1.63 bits per heavy atom. The highest BCUT2D eigenvalue weighted by molar-refractivity contribution is 5.77. The summed E-state index contributed by atoms with van der Waals surface area (Å²) in [5, 5.41) is 8.65. The summed E-state index contributed by atoms with van der Waals surface area (Å²) in [6, 6.07) is 18.8. The van der Waals surface area contributed by atoms with Crippen LogP contribution in [0.25, 0.3) is 5.57 Å². The molecule has 3 nitrogen and oxygen atoms in total. The lowest BCUT2D eigenvalue weighted by atomic mass is 9.82. The van der Waals surface area contributed by atoms with Crippen molar-refractivity contribution in [1.29, 1.82) is 5.26 Å². The van der Waals surface area contributed by atoms with Gasteiger partial charge in [0.15, 0.2) is 0 Å². The molecule has 0 aliphatic carbocycles. The van der Waals surface area contributed by atoms with Gasteiger partial charge in [0.05, 0.1) is 23.5 Å². The van der Waals surface area contributed by atoms with Crippen LogP contribution in [-0.2, 0) is 0 Å². The van der Waals surface area contributed by atoms with Gasteiger partial charge in [-0.15, -0.1) is 0 Å². The minimum Gasteiger partial charge on any atom is -0.388 e. The van der Waals surface area contributed by atoms with E-state index in [0.29, 0.717) is 17.3 Å². The van der Waals surface area contributed by atoms with Gasteiger partial charge in [-0.3, -0.25) is 4.99 Å². The molecule has 2 rings (SSSR count). The van der Waals surface area contributed by atoms with Crippen molar-refractivity contribution in [3.8, 4) is 6.07 Å². The van der Waals surface area contributed by atoms with Crippen LogP contribution in [0.15, 0.2) is 71.8 Å². The lowest BCUT2D eigenvalue weighted by molar-refractivity contribution is 0.562. The third-order valence-electron chi connectivity index (χ3n) is 5.91. The van der Waals surface area contributed by atoms with Gasteiger partial charge in [-0.2, -0.15) is 5.26 Å². The Balaban J connectivity index is 0.000000698. The van der Waals surface area contributed by atoms with E-state index in [2.05, 4.69) is 69.6 Å². The zero-order valence-corrected chi connectivity index (χ0v) is 23.5. The van der Waals surface area contributed by atoms with E-state index in [1.165, 1.54) is 22.3 Å². The van der Waals surface area contributed by atoms with Crippen LogP contribution >= 0.6 is 0 Å². The fraction of sp³-hybridized carbons (Fsp3) is 0.438. The number of allylic oxidation sites excluding steroid dienone is 2. The van der Waals surface area contributed by atoms with Crippen molar-refractivity contribution in [1.82, 2.24) is 0 Å². The summed E-state index contributed by atoms with van der Waals surface area (Å²) < 4.78 is 0. The summed E-state index contributed by atoms with van der Waals surface area (Å²) in [6.45, 7) is 22.9. The molecule has 2 aromatic carbocycles. The van der Waals surface area contributed by atoms with Gasteiger partial charge in [0.1, 0.15) is 0 Å². The average Bonchev–Trinajstić information content (AvgIpc) is 2.89. The zero-order chi connectivity index (χ0) is 27.0. The van der Waals surface area contributed by atoms with Crippen molar-refractivity contribution in [2.45, 2.75) is 93.0 Å². The first kappa shape index (κ1) is 31.9. The number of amidine groups is 1. The fourth-order valence-electron chi connectivity index (χ4n) is 3.70. The minimum absolute atomic E-state index is 0.173. The SMILES string of the molecule is C/C=C(\C)c1cccc(C#N)c1.C=C(CC)C(c1ccc(C(C)C)cc1)C(CC)N=C(C)N.CC. The second-order valence-electron chi connectivity index (χ2n) is 8.72. The van der Waals surface area contributed by atoms with Crippen LogP contribution in [0.4, 0.5) is 0 Å². The maximum Gasteiger partial charge on any atom is 0.0991 e. The van der Waals surface area contributed by atoms with Gasteiger partial charge < -0.3 is 5.73 Å². The highest BCUT2D eigenvalue weighted by Crippen LogP contribution is 2.33. The molecule has 0 amide bonds. The predicted octanol–water partition coefficient (Wildman–Crippen LogP) is 9.02. The summed E-state index contributed by atoms with van der Waals surface area (Å²) in [4.78, 5) is 4.63. The third kappa shape index (κ3) is 10.8. The Morgan fingerprint density at radius 3 is 2.06 bits per heavy atom. The van der Waals surface area contributed by atoms with Crippen LogP contribution in [0.1, 0.15) is 109 Å². The molecule has 0 bridgehead atoms. The molecule has 0 heterocycles. The lowest BCUT2D eigenvalue weighted by Crippen LogP contribution is -2.21. The molecule has 0 aliphatic heterocycles. The van der Waals surface area contributed by atoms with Gasteiger partial charge in [0, 0.05) is 5.92 Å². The summed E-state index contributed by atoms with van der Waals surface area (Å²) in [7, 11) is 0. The van der Waals surface area contributed by atoms with Crippen LogP contribution in [0.5, 0.6) is 0 Å². The highest BCUT2D eigenvalue weighted by Gasteiger charge is 2.23. The number of rotatable bonds is 8. The van der Waals surface area contributed by atoms with Gasteiger partial charge in [0.25, 0.3) is 0 Å². The normalized spacial score (nSPS) is 12.9. The maximum absolute atomic E-state index is 8.65. The Hall–Kier alpha value is -3.12. The molecule has 0 aromatic heterocycles. The Bertz CT molecular complexity index is 984. The van der Waals surface area contributed by atoms with E-state index in [9.17, 15) is 0 Å². The topological polar surface area (TPSA) is 62.2 Å². The minimum atomic E-state index is 0.173. The molecule has 0 aliphatic rings. The highest BCUT2D eigenvalue weighted by atomic mass is 14.9. The van der Waals surface area contributed by atoms with E-state index in [1.54, 1.807) is 0 Å². The van der Waals surface area contributed by atoms with Crippen molar-refractivity contribution in [2.75, 3.05) is 0 Å². The van der Waals surface area contributed by atoms with E-state index in [-0.39, 0.29) is 12.0 Å². The largest absolute Gasteiger partial charge is 0.388 e. The lowest BCUT2D eigenvalue weighted by Gasteiger charge is -2.26. The van der Waals surface area contributed by atoms with Crippen LogP contribution in [-0.4, -0.2) is 11.9 Å². The van der Waals surface area contributed by atoms with Gasteiger partial charge in [-0.1, -0.05) is 96.2 Å². The second kappa shape index (κ2) is 17.3. The Kier molecular flexibility index (Phi) is 15.8. The molecule has 0 fully saturated rings. The number of aliphatic imine (C=N–C) groups is 1. The van der Waals surface area contributed by atoms with Gasteiger partial charge >= 0.3 is 0 Å². The predicted molar refractivity (Wildman–Crippen MR) is 156 cm³/mol. The maximum atomic E-state index is 8.65. The molecule has 2 N–H and O–H groups in total. The molecular formula is C32H47N3. The number of nitrogens with zero attached hydrogens (tertiary/aromatic N) is 2. The Labute approximate surface area is 215 Å². The molecule has 35 heavy (non-hydrogen) atoms. The first-order chi connectivity index (χ1) is 16.7. The van der Waals surface area contributed by atoms with E-state index in [0.717, 1.165) is 18.4 Å². The first-order valence-electron chi connectivity index (χ1n) is 12.9. The van der Waals surface area contributed by atoms with Gasteiger partial charge in [-0.25, -0.2) is 0 Å².